The molecule has 0 bridgehead atoms. The number of rotatable bonds is 4. The third kappa shape index (κ3) is 4.50. The standard InChI is InChI=1S/C24H21BrF2N4O3S/c1-2-21(32)30-6-5-14(13-3-4-17(26)18(27)9-13)19(12-30)29-23(33)20-10-15-22-16(25)11-28-31(22)7-8-34-24(15)35-20/h2-4,9-11,14,19H,1,5-8,12H2,(H,29,33)/t14-,19+/m0/s1. The maximum Gasteiger partial charge on any atom is 0.261 e. The van der Waals surface area contributed by atoms with Gasteiger partial charge < -0.3 is 15.0 Å². The molecule has 4 heterocycles. The van der Waals surface area contributed by atoms with E-state index < -0.39 is 17.7 Å². The average molecular weight is 563 g/mol. The Balaban J connectivity index is 1.44. The Labute approximate surface area is 212 Å². The van der Waals surface area contributed by atoms with Crippen molar-refractivity contribution in [1.29, 1.82) is 0 Å². The van der Waals surface area contributed by atoms with Gasteiger partial charge in [-0.05, 0) is 52.2 Å². The Morgan fingerprint density at radius 1 is 1.26 bits per heavy atom. The van der Waals surface area contributed by atoms with E-state index in [2.05, 4.69) is 32.9 Å². The predicted octanol–water partition coefficient (Wildman–Crippen LogP) is 4.35. The van der Waals surface area contributed by atoms with Gasteiger partial charge in [0.15, 0.2) is 16.7 Å². The highest BCUT2D eigenvalue weighted by Crippen LogP contribution is 2.43. The summed E-state index contributed by atoms with van der Waals surface area (Å²) in [7, 11) is 0. The fourth-order valence-electron chi connectivity index (χ4n) is 4.59. The summed E-state index contributed by atoms with van der Waals surface area (Å²) < 4.78 is 36.0. The topological polar surface area (TPSA) is 76.5 Å². The van der Waals surface area contributed by atoms with E-state index in [1.807, 2.05) is 4.68 Å². The molecule has 7 nitrogen and oxygen atoms in total. The molecule has 1 N–H and O–H groups in total. The van der Waals surface area contributed by atoms with Crippen LogP contribution in [0, 0.1) is 11.6 Å². The number of amides is 2. The van der Waals surface area contributed by atoms with Crippen molar-refractivity contribution in [2.75, 3.05) is 19.7 Å². The highest BCUT2D eigenvalue weighted by atomic mass is 79.9. The first-order chi connectivity index (χ1) is 16.9. The second-order valence-electron chi connectivity index (χ2n) is 8.36. The molecule has 1 fully saturated rings. The van der Waals surface area contributed by atoms with Crippen LogP contribution in [-0.2, 0) is 11.3 Å². The van der Waals surface area contributed by atoms with E-state index >= 15 is 0 Å². The highest BCUT2D eigenvalue weighted by Gasteiger charge is 2.34. The molecule has 2 aliphatic heterocycles. The van der Waals surface area contributed by atoms with E-state index in [0.29, 0.717) is 41.6 Å². The van der Waals surface area contributed by atoms with Crippen LogP contribution in [0.15, 0.2) is 47.6 Å². The highest BCUT2D eigenvalue weighted by molar-refractivity contribution is 9.10. The van der Waals surface area contributed by atoms with Crippen molar-refractivity contribution in [3.63, 3.8) is 0 Å². The quantitative estimate of drug-likeness (QED) is 0.480. The molecule has 5 rings (SSSR count). The van der Waals surface area contributed by atoms with Crippen LogP contribution in [0.3, 0.4) is 0 Å². The minimum absolute atomic E-state index is 0.222. The summed E-state index contributed by atoms with van der Waals surface area (Å²) in [5.41, 5.74) is 2.18. The maximum atomic E-state index is 14.0. The fraction of sp³-hybridized carbons (Fsp3) is 0.292. The number of carbonyl (C=O) groups is 2. The Bertz CT molecular complexity index is 1320. The first-order valence-electron chi connectivity index (χ1n) is 11.0. The van der Waals surface area contributed by atoms with Gasteiger partial charge in [0.1, 0.15) is 6.61 Å². The van der Waals surface area contributed by atoms with Crippen molar-refractivity contribution < 1.29 is 23.1 Å². The Kier molecular flexibility index (Phi) is 6.45. The largest absolute Gasteiger partial charge is 0.481 e. The lowest BCUT2D eigenvalue weighted by Gasteiger charge is -2.38. The molecule has 0 saturated carbocycles. The molecule has 0 radical (unpaired) electrons. The summed E-state index contributed by atoms with van der Waals surface area (Å²) in [6.45, 7) is 5.20. The molecule has 0 spiro atoms. The van der Waals surface area contributed by atoms with Crippen molar-refractivity contribution in [1.82, 2.24) is 20.0 Å². The van der Waals surface area contributed by atoms with Gasteiger partial charge >= 0.3 is 0 Å². The number of aromatic nitrogens is 2. The predicted molar refractivity (Wildman–Crippen MR) is 130 cm³/mol. The Morgan fingerprint density at radius 2 is 2.09 bits per heavy atom. The molecule has 35 heavy (non-hydrogen) atoms. The molecule has 11 heteroatoms. The molecule has 2 aliphatic rings. The zero-order valence-electron chi connectivity index (χ0n) is 18.5. The van der Waals surface area contributed by atoms with E-state index in [4.69, 9.17) is 4.74 Å². The number of carbonyl (C=O) groups excluding carboxylic acids is 2. The molecule has 3 aromatic rings. The first kappa shape index (κ1) is 23.7. The number of thiophene rings is 1. The zero-order chi connectivity index (χ0) is 24.7. The number of hydrogen-bond donors (Lipinski definition) is 1. The van der Waals surface area contributed by atoms with E-state index in [9.17, 15) is 18.4 Å². The second kappa shape index (κ2) is 9.54. The van der Waals surface area contributed by atoms with Crippen LogP contribution in [0.1, 0.15) is 27.6 Å². The summed E-state index contributed by atoms with van der Waals surface area (Å²) >= 11 is 4.75. The normalized spacial score (nSPS) is 19.2. The average Bonchev–Trinajstić information content (AvgIpc) is 3.38. The number of hydrogen-bond acceptors (Lipinski definition) is 5. The first-order valence-corrected chi connectivity index (χ1v) is 12.6. The van der Waals surface area contributed by atoms with Crippen molar-refractivity contribution >= 4 is 39.1 Å². The maximum absolute atomic E-state index is 14.0. The number of fused-ring (bicyclic) bond motifs is 3. The lowest BCUT2D eigenvalue weighted by atomic mass is 9.85. The number of benzene rings is 1. The van der Waals surface area contributed by atoms with Crippen molar-refractivity contribution in [2.24, 2.45) is 0 Å². The Hall–Kier alpha value is -3.05. The summed E-state index contributed by atoms with van der Waals surface area (Å²) in [6, 6.07) is 5.02. The fourth-order valence-corrected chi connectivity index (χ4v) is 6.04. The number of ether oxygens (including phenoxy) is 1. The van der Waals surface area contributed by atoms with Gasteiger partial charge in [-0.3, -0.25) is 14.3 Å². The molecule has 2 amide bonds. The summed E-state index contributed by atoms with van der Waals surface area (Å²) in [6.07, 6.45) is 3.42. The van der Waals surface area contributed by atoms with Gasteiger partial charge in [-0.2, -0.15) is 5.10 Å². The van der Waals surface area contributed by atoms with Gasteiger partial charge in [-0.25, -0.2) is 8.78 Å². The lowest BCUT2D eigenvalue weighted by Crippen LogP contribution is -2.52. The van der Waals surface area contributed by atoms with Gasteiger partial charge in [0, 0.05) is 19.0 Å². The Morgan fingerprint density at radius 3 is 2.86 bits per heavy atom. The molecule has 1 aromatic carbocycles. The number of halogens is 3. The number of nitrogens with zero attached hydrogens (tertiary/aromatic N) is 3. The number of nitrogens with one attached hydrogen (secondary N) is 1. The molecule has 2 aromatic heterocycles. The summed E-state index contributed by atoms with van der Waals surface area (Å²) in [5.74, 6) is -2.76. The number of piperidine rings is 1. The molecule has 2 atom stereocenters. The van der Waals surface area contributed by atoms with E-state index in [1.54, 1.807) is 17.2 Å². The van der Waals surface area contributed by atoms with E-state index in [1.165, 1.54) is 23.5 Å². The second-order valence-corrected chi connectivity index (χ2v) is 10.2. The van der Waals surface area contributed by atoms with E-state index in [0.717, 1.165) is 27.9 Å². The monoisotopic (exact) mass is 562 g/mol. The van der Waals surface area contributed by atoms with Gasteiger partial charge in [-0.1, -0.05) is 24.0 Å². The van der Waals surface area contributed by atoms with Crippen LogP contribution >= 0.6 is 27.3 Å². The van der Waals surface area contributed by atoms with Gasteiger partial charge in [-0.15, -0.1) is 0 Å². The third-order valence-electron chi connectivity index (χ3n) is 6.30. The molecule has 0 aliphatic carbocycles. The van der Waals surface area contributed by atoms with E-state index in [-0.39, 0.29) is 24.3 Å². The third-order valence-corrected chi connectivity index (χ3v) is 7.92. The zero-order valence-corrected chi connectivity index (χ0v) is 20.9. The number of likely N-dealkylation sites (tertiary alicyclic amines) is 1. The van der Waals surface area contributed by atoms with Crippen LogP contribution in [0.25, 0.3) is 11.3 Å². The smallest absolute Gasteiger partial charge is 0.261 e. The van der Waals surface area contributed by atoms with Crippen LogP contribution in [0.2, 0.25) is 0 Å². The molecule has 182 valence electrons. The molecule has 0 unspecified atom stereocenters. The lowest BCUT2D eigenvalue weighted by molar-refractivity contribution is -0.127. The molecular formula is C24H21BrF2N4O3S. The minimum Gasteiger partial charge on any atom is -0.481 e. The van der Waals surface area contributed by atoms with Crippen LogP contribution in [0.4, 0.5) is 8.78 Å². The van der Waals surface area contributed by atoms with Gasteiger partial charge in [0.2, 0.25) is 5.91 Å². The summed E-state index contributed by atoms with van der Waals surface area (Å²) in [4.78, 5) is 27.6. The van der Waals surface area contributed by atoms with Crippen molar-refractivity contribution in [2.45, 2.75) is 24.9 Å². The minimum atomic E-state index is -0.946. The molecule has 1 saturated heterocycles. The van der Waals surface area contributed by atoms with Crippen LogP contribution in [0.5, 0.6) is 5.06 Å². The van der Waals surface area contributed by atoms with Gasteiger partial charge in [0.25, 0.3) is 5.91 Å². The van der Waals surface area contributed by atoms with Crippen LogP contribution in [-0.4, -0.2) is 52.2 Å². The van der Waals surface area contributed by atoms with Crippen molar-refractivity contribution in [3.8, 4) is 16.3 Å². The van der Waals surface area contributed by atoms with Crippen LogP contribution < -0.4 is 10.1 Å². The molecular weight excluding hydrogens is 542 g/mol. The summed E-state index contributed by atoms with van der Waals surface area (Å²) in [5, 5.41) is 7.99. The van der Waals surface area contributed by atoms with Crippen molar-refractivity contribution in [3.05, 3.63) is 69.7 Å². The van der Waals surface area contributed by atoms with Gasteiger partial charge in [0.05, 0.1) is 39.4 Å². The SMILES string of the molecule is C=CC(=O)N1CC[C@@H](c2ccc(F)c(F)c2)[C@H](NC(=O)c2cc3c(s2)OCCn2ncc(Br)c2-3)C1.